The highest BCUT2D eigenvalue weighted by atomic mass is 79.9. The number of rotatable bonds is 4. The first-order valence-electron chi connectivity index (χ1n) is 6.59. The van der Waals surface area contributed by atoms with Gasteiger partial charge in [0.25, 0.3) is 0 Å². The predicted molar refractivity (Wildman–Crippen MR) is 82.4 cm³/mol. The highest BCUT2D eigenvalue weighted by molar-refractivity contribution is 9.10. The largest absolute Gasteiger partial charge is 0.457 e. The number of para-hydroxylation sites is 1. The van der Waals surface area contributed by atoms with Gasteiger partial charge in [-0.3, -0.25) is 0 Å². The quantitative estimate of drug-likeness (QED) is 0.654. The van der Waals surface area contributed by atoms with Crippen molar-refractivity contribution in [2.45, 2.75) is 6.61 Å². The van der Waals surface area contributed by atoms with Crippen molar-refractivity contribution in [1.29, 1.82) is 0 Å². The number of ether oxygens (including phenoxy) is 1. The zero-order valence-electron chi connectivity index (χ0n) is 11.7. The van der Waals surface area contributed by atoms with Crippen LogP contribution in [-0.4, -0.2) is 26.2 Å². The summed E-state index contributed by atoms with van der Waals surface area (Å²) in [7, 11) is 0. The molecule has 0 bridgehead atoms. The molecule has 0 fully saturated rings. The molecule has 23 heavy (non-hydrogen) atoms. The molecule has 0 spiro atoms. The number of carbonyl (C=O) groups excluding carboxylic acids is 1. The molecule has 3 rings (SSSR count). The van der Waals surface area contributed by atoms with Crippen LogP contribution in [-0.2, 0) is 11.3 Å². The number of nitrogens with zero attached hydrogens (tertiary/aromatic N) is 4. The van der Waals surface area contributed by atoms with E-state index in [1.54, 1.807) is 42.5 Å². The van der Waals surface area contributed by atoms with E-state index >= 15 is 0 Å². The lowest BCUT2D eigenvalue weighted by atomic mass is 10.2. The van der Waals surface area contributed by atoms with Crippen LogP contribution in [0.25, 0.3) is 5.69 Å². The van der Waals surface area contributed by atoms with Crippen LogP contribution >= 0.6 is 15.9 Å². The van der Waals surface area contributed by atoms with E-state index in [1.165, 1.54) is 11.0 Å². The van der Waals surface area contributed by atoms with Crippen LogP contribution in [0.1, 0.15) is 15.9 Å². The first kappa shape index (κ1) is 15.3. The number of benzene rings is 2. The molecule has 0 N–H and O–H groups in total. The van der Waals surface area contributed by atoms with Crippen LogP contribution in [0.2, 0.25) is 0 Å². The van der Waals surface area contributed by atoms with Crippen LogP contribution in [0, 0.1) is 5.82 Å². The first-order chi connectivity index (χ1) is 11.2. The molecule has 0 saturated heterocycles. The summed E-state index contributed by atoms with van der Waals surface area (Å²) in [4.78, 5) is 12.3. The van der Waals surface area contributed by atoms with Gasteiger partial charge in [0.2, 0.25) is 0 Å². The van der Waals surface area contributed by atoms with Gasteiger partial charge >= 0.3 is 5.97 Å². The zero-order chi connectivity index (χ0) is 16.2. The summed E-state index contributed by atoms with van der Waals surface area (Å²) < 4.78 is 20.8. The van der Waals surface area contributed by atoms with Crippen LogP contribution in [0.3, 0.4) is 0 Å². The average Bonchev–Trinajstić information content (AvgIpc) is 3.10. The number of hydrogen-bond acceptors (Lipinski definition) is 5. The highest BCUT2D eigenvalue weighted by Crippen LogP contribution is 2.20. The van der Waals surface area contributed by atoms with Crippen LogP contribution in [0.15, 0.2) is 53.3 Å². The summed E-state index contributed by atoms with van der Waals surface area (Å²) in [6.07, 6.45) is 1.38. The van der Waals surface area contributed by atoms with E-state index in [1.807, 2.05) is 0 Å². The fourth-order valence-corrected chi connectivity index (χ4v) is 2.41. The Morgan fingerprint density at radius 3 is 2.83 bits per heavy atom. The molecule has 116 valence electrons. The monoisotopic (exact) mass is 376 g/mol. The van der Waals surface area contributed by atoms with E-state index in [-0.39, 0.29) is 17.7 Å². The van der Waals surface area contributed by atoms with Gasteiger partial charge in [-0.1, -0.05) is 24.3 Å². The molecular formula is C15H10BrFN4O2. The maximum atomic E-state index is 13.9. The molecule has 3 aromatic rings. The number of aromatic nitrogens is 4. The molecule has 6 nitrogen and oxygen atoms in total. The van der Waals surface area contributed by atoms with Gasteiger partial charge in [0.05, 0.1) is 15.7 Å². The van der Waals surface area contributed by atoms with E-state index in [2.05, 4.69) is 31.5 Å². The van der Waals surface area contributed by atoms with Gasteiger partial charge in [0.15, 0.2) is 0 Å². The van der Waals surface area contributed by atoms with Gasteiger partial charge < -0.3 is 4.74 Å². The van der Waals surface area contributed by atoms with E-state index in [9.17, 15) is 9.18 Å². The van der Waals surface area contributed by atoms with E-state index < -0.39 is 11.8 Å². The molecule has 2 aromatic carbocycles. The minimum Gasteiger partial charge on any atom is -0.457 e. The smallest absolute Gasteiger partial charge is 0.340 e. The standard InChI is InChI=1S/C15H10BrFN4O2/c16-12-6-3-4-10(14(12)17)8-23-15(22)11-5-1-2-7-13(11)21-9-18-19-20-21/h1-7,9H,8H2. The Morgan fingerprint density at radius 1 is 1.22 bits per heavy atom. The van der Waals surface area contributed by atoms with Gasteiger partial charge in [-0.05, 0) is 44.6 Å². The molecule has 1 aromatic heterocycles. The fourth-order valence-electron chi connectivity index (χ4n) is 2.00. The zero-order valence-corrected chi connectivity index (χ0v) is 13.3. The third kappa shape index (κ3) is 3.26. The maximum Gasteiger partial charge on any atom is 0.340 e. The summed E-state index contributed by atoms with van der Waals surface area (Å²) in [5, 5.41) is 10.8. The van der Waals surface area contributed by atoms with Crippen LogP contribution < -0.4 is 0 Å². The van der Waals surface area contributed by atoms with Crippen molar-refractivity contribution >= 4 is 21.9 Å². The molecule has 0 aliphatic carbocycles. The molecule has 0 saturated carbocycles. The molecule has 8 heteroatoms. The third-order valence-corrected chi connectivity index (χ3v) is 3.72. The maximum absolute atomic E-state index is 13.9. The Morgan fingerprint density at radius 2 is 2.04 bits per heavy atom. The summed E-state index contributed by atoms with van der Waals surface area (Å²) in [5.74, 6) is -1.04. The molecule has 0 atom stereocenters. The summed E-state index contributed by atoms with van der Waals surface area (Å²) in [6, 6.07) is 11.5. The Labute approximate surface area is 139 Å². The second-order valence-corrected chi connectivity index (χ2v) is 5.41. The first-order valence-corrected chi connectivity index (χ1v) is 7.38. The van der Waals surface area contributed by atoms with Gasteiger partial charge in [-0.2, -0.15) is 4.68 Å². The Bertz CT molecular complexity index is 839. The molecule has 1 heterocycles. The second-order valence-electron chi connectivity index (χ2n) is 4.56. The van der Waals surface area contributed by atoms with Gasteiger partial charge in [0, 0.05) is 5.56 Å². The van der Waals surface area contributed by atoms with Crippen LogP contribution in [0.5, 0.6) is 0 Å². The summed E-state index contributed by atoms with van der Waals surface area (Å²) >= 11 is 3.09. The highest BCUT2D eigenvalue weighted by Gasteiger charge is 2.16. The van der Waals surface area contributed by atoms with Crippen molar-refractivity contribution in [3.05, 3.63) is 70.2 Å². The number of halogens is 2. The fraction of sp³-hybridized carbons (Fsp3) is 0.0667. The number of esters is 1. The lowest BCUT2D eigenvalue weighted by Gasteiger charge is -2.09. The Kier molecular flexibility index (Phi) is 4.42. The lowest BCUT2D eigenvalue weighted by Crippen LogP contribution is -2.11. The van der Waals surface area contributed by atoms with Crippen molar-refractivity contribution in [3.8, 4) is 5.69 Å². The van der Waals surface area contributed by atoms with Gasteiger partial charge in [-0.25, -0.2) is 9.18 Å². The molecule has 0 unspecified atom stereocenters. The SMILES string of the molecule is O=C(OCc1cccc(Br)c1F)c1ccccc1-n1cnnn1. The second kappa shape index (κ2) is 6.66. The van der Waals surface area contributed by atoms with Crippen molar-refractivity contribution in [2.75, 3.05) is 0 Å². The minimum absolute atomic E-state index is 0.173. The number of carbonyl (C=O) groups is 1. The molecule has 0 aliphatic rings. The minimum atomic E-state index is -0.588. The van der Waals surface area contributed by atoms with Crippen molar-refractivity contribution in [3.63, 3.8) is 0 Å². The van der Waals surface area contributed by atoms with E-state index in [0.717, 1.165) is 0 Å². The molecule has 0 aliphatic heterocycles. The molecule has 0 amide bonds. The number of hydrogen-bond donors (Lipinski definition) is 0. The van der Waals surface area contributed by atoms with Crippen LogP contribution in [0.4, 0.5) is 4.39 Å². The number of tetrazole rings is 1. The third-order valence-electron chi connectivity index (χ3n) is 3.11. The molecular weight excluding hydrogens is 367 g/mol. The summed E-state index contributed by atoms with van der Waals surface area (Å²) in [6.45, 7) is -0.173. The van der Waals surface area contributed by atoms with Crippen molar-refractivity contribution in [2.24, 2.45) is 0 Å². The average molecular weight is 377 g/mol. The van der Waals surface area contributed by atoms with Gasteiger partial charge in [0.1, 0.15) is 18.8 Å². The van der Waals surface area contributed by atoms with E-state index in [4.69, 9.17) is 4.74 Å². The topological polar surface area (TPSA) is 69.9 Å². The normalized spacial score (nSPS) is 10.5. The van der Waals surface area contributed by atoms with Crippen molar-refractivity contribution < 1.29 is 13.9 Å². The predicted octanol–water partition coefficient (Wildman–Crippen LogP) is 2.92. The molecule has 0 radical (unpaired) electrons. The van der Waals surface area contributed by atoms with Gasteiger partial charge in [-0.15, -0.1) is 5.10 Å². The van der Waals surface area contributed by atoms with E-state index in [0.29, 0.717) is 10.2 Å². The Hall–Kier alpha value is -2.61. The lowest BCUT2D eigenvalue weighted by molar-refractivity contribution is 0.0468. The Balaban J connectivity index is 1.81. The van der Waals surface area contributed by atoms with Crippen molar-refractivity contribution in [1.82, 2.24) is 20.2 Å². The summed E-state index contributed by atoms with van der Waals surface area (Å²) in [5.41, 5.74) is 1.06.